The molecule has 0 radical (unpaired) electrons. The van der Waals surface area contributed by atoms with Crippen LogP contribution in [-0.2, 0) is 15.0 Å². The van der Waals surface area contributed by atoms with Crippen LogP contribution >= 0.6 is 0 Å². The summed E-state index contributed by atoms with van der Waals surface area (Å²) in [6, 6.07) is 7.25. The molecule has 1 aliphatic rings. The van der Waals surface area contributed by atoms with E-state index in [-0.39, 0.29) is 18.2 Å². The molecule has 0 bridgehead atoms. The molecule has 1 fully saturated rings. The molecular weight excluding hydrogens is 206 g/mol. The molecule has 1 heterocycles. The van der Waals surface area contributed by atoms with Crippen LogP contribution < -0.4 is 10.1 Å². The molecule has 16 heavy (non-hydrogen) atoms. The van der Waals surface area contributed by atoms with Crippen LogP contribution in [0.15, 0.2) is 24.3 Å². The lowest BCUT2D eigenvalue weighted by atomic mass is 9.81. The minimum atomic E-state index is -0.772. The molecule has 4 nitrogen and oxygen atoms in total. The first-order valence-corrected chi connectivity index (χ1v) is 5.05. The number of ether oxygens (including phenoxy) is 1. The Balaban J connectivity index is 2.43. The van der Waals surface area contributed by atoms with E-state index in [4.69, 9.17) is 4.74 Å². The second-order valence-electron chi connectivity index (χ2n) is 4.12. The van der Waals surface area contributed by atoms with Gasteiger partial charge in [0.15, 0.2) is 0 Å². The summed E-state index contributed by atoms with van der Waals surface area (Å²) in [5.74, 6) is 0.215. The highest BCUT2D eigenvalue weighted by molar-refractivity contribution is 6.08. The number of imide groups is 1. The first-order valence-electron chi connectivity index (χ1n) is 5.05. The molecule has 1 aromatic rings. The summed E-state index contributed by atoms with van der Waals surface area (Å²) in [6.45, 7) is 1.77. The van der Waals surface area contributed by atoms with Gasteiger partial charge in [-0.3, -0.25) is 14.9 Å². The van der Waals surface area contributed by atoms with Gasteiger partial charge in [0.1, 0.15) is 5.75 Å². The quantitative estimate of drug-likeness (QED) is 0.755. The highest BCUT2D eigenvalue weighted by Crippen LogP contribution is 2.33. The zero-order chi connectivity index (χ0) is 11.8. The second kappa shape index (κ2) is 3.63. The zero-order valence-electron chi connectivity index (χ0n) is 9.24. The largest absolute Gasteiger partial charge is 0.497 e. The second-order valence-corrected chi connectivity index (χ2v) is 4.12. The van der Waals surface area contributed by atoms with Gasteiger partial charge >= 0.3 is 0 Å². The van der Waals surface area contributed by atoms with Gasteiger partial charge in [-0.1, -0.05) is 12.1 Å². The van der Waals surface area contributed by atoms with Crippen LogP contribution in [0.2, 0.25) is 0 Å². The van der Waals surface area contributed by atoms with Crippen LogP contribution in [0.1, 0.15) is 18.9 Å². The maximum Gasteiger partial charge on any atom is 0.237 e. The topological polar surface area (TPSA) is 55.4 Å². The van der Waals surface area contributed by atoms with Gasteiger partial charge in [0, 0.05) is 6.42 Å². The van der Waals surface area contributed by atoms with E-state index in [0.29, 0.717) is 5.75 Å². The van der Waals surface area contributed by atoms with E-state index < -0.39 is 5.41 Å². The van der Waals surface area contributed by atoms with E-state index in [1.807, 2.05) is 18.2 Å². The Morgan fingerprint density at radius 3 is 2.69 bits per heavy atom. The first kappa shape index (κ1) is 10.7. The predicted molar refractivity (Wildman–Crippen MR) is 58.1 cm³/mol. The van der Waals surface area contributed by atoms with Crippen LogP contribution in [0.3, 0.4) is 0 Å². The lowest BCUT2D eigenvalue weighted by Crippen LogP contribution is -2.32. The highest BCUT2D eigenvalue weighted by atomic mass is 16.5. The molecule has 0 spiro atoms. The molecule has 2 amide bonds. The van der Waals surface area contributed by atoms with Crippen LogP contribution in [-0.4, -0.2) is 18.9 Å². The molecule has 1 atom stereocenters. The van der Waals surface area contributed by atoms with Crippen LogP contribution in [0.25, 0.3) is 0 Å². The lowest BCUT2D eigenvalue weighted by molar-refractivity contribution is -0.126. The zero-order valence-corrected chi connectivity index (χ0v) is 9.24. The molecule has 1 aliphatic heterocycles. The van der Waals surface area contributed by atoms with Crippen molar-refractivity contribution in [1.29, 1.82) is 0 Å². The number of benzene rings is 1. The van der Waals surface area contributed by atoms with E-state index in [2.05, 4.69) is 5.32 Å². The third kappa shape index (κ3) is 1.56. The standard InChI is InChI=1S/C12H13NO3/c1-12(7-10(14)13-11(12)15)8-4-3-5-9(6-8)16-2/h3-6H,7H2,1-2H3,(H,13,14,15). The number of methoxy groups -OCH3 is 1. The van der Waals surface area contributed by atoms with Crippen LogP contribution in [0, 0.1) is 0 Å². The number of rotatable bonds is 2. The van der Waals surface area contributed by atoms with Gasteiger partial charge in [0.25, 0.3) is 0 Å². The number of carbonyl (C=O) groups excluding carboxylic acids is 2. The summed E-state index contributed by atoms with van der Waals surface area (Å²) >= 11 is 0. The van der Waals surface area contributed by atoms with Crippen molar-refractivity contribution < 1.29 is 14.3 Å². The maximum atomic E-state index is 11.7. The van der Waals surface area contributed by atoms with Gasteiger partial charge in [0.2, 0.25) is 11.8 Å². The summed E-state index contributed by atoms with van der Waals surface area (Å²) in [5.41, 5.74) is 0.0289. The van der Waals surface area contributed by atoms with E-state index in [9.17, 15) is 9.59 Å². The number of hydrogen-bond acceptors (Lipinski definition) is 3. The minimum absolute atomic E-state index is 0.193. The van der Waals surface area contributed by atoms with E-state index in [1.165, 1.54) is 0 Å². The summed E-state index contributed by atoms with van der Waals surface area (Å²) in [5, 5.41) is 2.32. The van der Waals surface area contributed by atoms with Crippen molar-refractivity contribution in [3.05, 3.63) is 29.8 Å². The Morgan fingerprint density at radius 2 is 2.12 bits per heavy atom. The van der Waals surface area contributed by atoms with Crippen molar-refractivity contribution in [2.75, 3.05) is 7.11 Å². The predicted octanol–water partition coefficient (Wildman–Crippen LogP) is 0.999. The third-order valence-corrected chi connectivity index (χ3v) is 2.98. The normalized spacial score (nSPS) is 24.4. The van der Waals surface area contributed by atoms with Gasteiger partial charge in [0.05, 0.1) is 12.5 Å². The average Bonchev–Trinajstić information content (AvgIpc) is 2.54. The Morgan fingerprint density at radius 1 is 1.38 bits per heavy atom. The van der Waals surface area contributed by atoms with Crippen molar-refractivity contribution in [2.24, 2.45) is 0 Å². The fraction of sp³-hybridized carbons (Fsp3) is 0.333. The summed E-state index contributed by atoms with van der Waals surface area (Å²) in [7, 11) is 1.57. The Hall–Kier alpha value is -1.84. The molecule has 4 heteroatoms. The molecule has 1 saturated heterocycles. The molecule has 2 rings (SSSR count). The van der Waals surface area contributed by atoms with Gasteiger partial charge in [-0.2, -0.15) is 0 Å². The van der Waals surface area contributed by atoms with Crippen molar-refractivity contribution in [1.82, 2.24) is 5.32 Å². The van der Waals surface area contributed by atoms with Crippen molar-refractivity contribution >= 4 is 11.8 Å². The van der Waals surface area contributed by atoms with E-state index >= 15 is 0 Å². The smallest absolute Gasteiger partial charge is 0.237 e. The van der Waals surface area contributed by atoms with Crippen molar-refractivity contribution in [2.45, 2.75) is 18.8 Å². The molecule has 84 valence electrons. The lowest BCUT2D eigenvalue weighted by Gasteiger charge is -2.20. The van der Waals surface area contributed by atoms with E-state index in [1.54, 1.807) is 20.1 Å². The first-order chi connectivity index (χ1) is 7.56. The van der Waals surface area contributed by atoms with Crippen LogP contribution in [0.5, 0.6) is 5.75 Å². The maximum absolute atomic E-state index is 11.7. The Kier molecular flexibility index (Phi) is 2.42. The summed E-state index contributed by atoms with van der Waals surface area (Å²) in [4.78, 5) is 23.0. The molecular formula is C12H13NO3. The molecule has 0 aliphatic carbocycles. The fourth-order valence-corrected chi connectivity index (χ4v) is 1.91. The molecule has 0 saturated carbocycles. The molecule has 1 N–H and O–H groups in total. The molecule has 1 aromatic carbocycles. The Labute approximate surface area is 93.6 Å². The molecule has 1 unspecified atom stereocenters. The summed E-state index contributed by atoms with van der Waals surface area (Å²) in [6.07, 6.45) is 0.193. The minimum Gasteiger partial charge on any atom is -0.497 e. The van der Waals surface area contributed by atoms with Gasteiger partial charge in [-0.25, -0.2) is 0 Å². The third-order valence-electron chi connectivity index (χ3n) is 2.98. The molecule has 0 aromatic heterocycles. The summed E-state index contributed by atoms with van der Waals surface area (Å²) < 4.78 is 5.10. The Bertz CT molecular complexity index is 455. The van der Waals surface area contributed by atoms with Gasteiger partial charge in [-0.15, -0.1) is 0 Å². The van der Waals surface area contributed by atoms with Crippen LogP contribution in [0.4, 0.5) is 0 Å². The SMILES string of the molecule is COc1cccc(C2(C)CC(=O)NC2=O)c1. The fourth-order valence-electron chi connectivity index (χ4n) is 1.91. The van der Waals surface area contributed by atoms with Crippen molar-refractivity contribution in [3.8, 4) is 5.75 Å². The van der Waals surface area contributed by atoms with Crippen molar-refractivity contribution in [3.63, 3.8) is 0 Å². The van der Waals surface area contributed by atoms with Gasteiger partial charge in [-0.05, 0) is 24.6 Å². The monoisotopic (exact) mass is 219 g/mol. The number of hydrogen-bond donors (Lipinski definition) is 1. The van der Waals surface area contributed by atoms with E-state index in [0.717, 1.165) is 5.56 Å². The number of carbonyl (C=O) groups is 2. The highest BCUT2D eigenvalue weighted by Gasteiger charge is 2.43. The number of amides is 2. The average molecular weight is 219 g/mol. The van der Waals surface area contributed by atoms with Gasteiger partial charge < -0.3 is 4.74 Å². The number of nitrogens with one attached hydrogen (secondary N) is 1.